The van der Waals surface area contributed by atoms with E-state index in [0.29, 0.717) is 18.1 Å². The fourth-order valence-electron chi connectivity index (χ4n) is 2.54. The number of hydrogen-bond donors (Lipinski definition) is 2. The van der Waals surface area contributed by atoms with Gasteiger partial charge in [-0.3, -0.25) is 9.59 Å². The molecule has 2 unspecified atom stereocenters. The number of likely N-dealkylation sites (N-methyl/N-ethyl adjacent to an activating group) is 1. The molecule has 2 amide bonds. The summed E-state index contributed by atoms with van der Waals surface area (Å²) in [5.74, 6) is 0.941. The van der Waals surface area contributed by atoms with Crippen molar-refractivity contribution < 1.29 is 14.1 Å². The van der Waals surface area contributed by atoms with Crippen LogP contribution in [0.3, 0.4) is 0 Å². The van der Waals surface area contributed by atoms with Gasteiger partial charge >= 0.3 is 0 Å². The van der Waals surface area contributed by atoms with Gasteiger partial charge in [-0.25, -0.2) is 0 Å². The van der Waals surface area contributed by atoms with Gasteiger partial charge in [-0.15, -0.1) is 11.8 Å². The second kappa shape index (κ2) is 10.9. The van der Waals surface area contributed by atoms with E-state index < -0.39 is 0 Å². The molecule has 0 saturated heterocycles. The third-order valence-corrected chi connectivity index (χ3v) is 5.44. The van der Waals surface area contributed by atoms with Gasteiger partial charge in [0.25, 0.3) is 0 Å². The van der Waals surface area contributed by atoms with E-state index in [1.54, 1.807) is 19.9 Å². The fraction of sp³-hybridized carbons (Fsp3) is 0.450. The van der Waals surface area contributed by atoms with Crippen molar-refractivity contribution in [2.75, 3.05) is 31.7 Å². The Morgan fingerprint density at radius 2 is 1.96 bits per heavy atom. The van der Waals surface area contributed by atoms with E-state index in [-0.39, 0.29) is 28.9 Å². The molecule has 0 bridgehead atoms. The molecule has 0 fully saturated rings. The third kappa shape index (κ3) is 7.36. The van der Waals surface area contributed by atoms with Crippen molar-refractivity contribution in [2.24, 2.45) is 0 Å². The molecule has 0 spiro atoms. The Morgan fingerprint density at radius 1 is 1.25 bits per heavy atom. The average molecular weight is 405 g/mol. The molecule has 0 radical (unpaired) electrons. The lowest BCUT2D eigenvalue weighted by atomic mass is 10.1. The van der Waals surface area contributed by atoms with Crippen molar-refractivity contribution in [1.82, 2.24) is 15.4 Å². The largest absolute Gasteiger partial charge is 0.360 e. The lowest BCUT2D eigenvalue weighted by molar-refractivity contribution is -0.118. The summed E-state index contributed by atoms with van der Waals surface area (Å²) in [5.41, 5.74) is 1.23. The monoisotopic (exact) mass is 404 g/mol. The van der Waals surface area contributed by atoms with Crippen molar-refractivity contribution in [3.05, 3.63) is 47.7 Å². The molecule has 0 aliphatic heterocycles. The summed E-state index contributed by atoms with van der Waals surface area (Å²) >= 11 is 1.29. The summed E-state index contributed by atoms with van der Waals surface area (Å²) in [7, 11) is 4.01. The summed E-state index contributed by atoms with van der Waals surface area (Å²) in [6.07, 6.45) is 0.858. The van der Waals surface area contributed by atoms with E-state index in [1.807, 2.05) is 32.3 Å². The minimum absolute atomic E-state index is 0.0816. The van der Waals surface area contributed by atoms with Gasteiger partial charge in [-0.05, 0) is 39.9 Å². The Kier molecular flexibility index (Phi) is 8.53. The molecule has 28 heavy (non-hydrogen) atoms. The molecule has 1 heterocycles. The first-order valence-corrected chi connectivity index (χ1v) is 10.2. The SMILES string of the molecule is Cc1cc(NC(=O)C(C)SCC(=O)NCC(Cc2ccccc2)N(C)C)no1. The van der Waals surface area contributed by atoms with Crippen LogP contribution in [0.25, 0.3) is 0 Å². The smallest absolute Gasteiger partial charge is 0.238 e. The Bertz CT molecular complexity index is 764. The maximum Gasteiger partial charge on any atom is 0.238 e. The molecular weight excluding hydrogens is 376 g/mol. The van der Waals surface area contributed by atoms with Crippen LogP contribution in [-0.2, 0) is 16.0 Å². The van der Waals surface area contributed by atoms with E-state index in [2.05, 4.69) is 32.8 Å². The lowest BCUT2D eigenvalue weighted by Crippen LogP contribution is -2.42. The molecule has 2 aromatic rings. The fourth-order valence-corrected chi connectivity index (χ4v) is 3.25. The van der Waals surface area contributed by atoms with Gasteiger partial charge in [-0.1, -0.05) is 35.5 Å². The highest BCUT2D eigenvalue weighted by molar-refractivity contribution is 8.01. The normalized spacial score (nSPS) is 13.2. The van der Waals surface area contributed by atoms with Crippen molar-refractivity contribution in [3.8, 4) is 0 Å². The van der Waals surface area contributed by atoms with E-state index in [1.165, 1.54) is 17.3 Å². The first kappa shape index (κ1) is 22.0. The Balaban J connectivity index is 1.73. The molecule has 0 saturated carbocycles. The maximum atomic E-state index is 12.2. The molecule has 2 atom stereocenters. The van der Waals surface area contributed by atoms with Crippen molar-refractivity contribution in [2.45, 2.75) is 31.6 Å². The average Bonchev–Trinajstić information content (AvgIpc) is 3.08. The molecule has 1 aromatic heterocycles. The number of rotatable bonds is 10. The number of aromatic nitrogens is 1. The number of hydrogen-bond acceptors (Lipinski definition) is 6. The second-order valence-electron chi connectivity index (χ2n) is 6.88. The Hall–Kier alpha value is -2.32. The predicted octanol–water partition coefficient (Wildman–Crippen LogP) is 2.33. The van der Waals surface area contributed by atoms with Crippen LogP contribution in [-0.4, -0.2) is 59.6 Å². The number of amides is 2. The molecule has 2 N–H and O–H groups in total. The number of aryl methyl sites for hydroxylation is 1. The quantitative estimate of drug-likeness (QED) is 0.632. The number of carbonyl (C=O) groups is 2. The Labute approximate surface area is 170 Å². The van der Waals surface area contributed by atoms with Crippen LogP contribution in [0.4, 0.5) is 5.82 Å². The van der Waals surface area contributed by atoms with Crippen LogP contribution in [0.1, 0.15) is 18.2 Å². The first-order chi connectivity index (χ1) is 13.3. The Morgan fingerprint density at radius 3 is 2.57 bits per heavy atom. The number of thioether (sulfide) groups is 1. The number of nitrogens with zero attached hydrogens (tertiary/aromatic N) is 2. The standard InChI is InChI=1S/C20H28N4O3S/c1-14-10-18(23-27-14)22-20(26)15(2)28-13-19(25)21-12-17(24(3)4)11-16-8-6-5-7-9-16/h5-10,15,17H,11-13H2,1-4H3,(H,21,25)(H,22,23,26). The summed E-state index contributed by atoms with van der Waals surface area (Å²) < 4.78 is 4.92. The summed E-state index contributed by atoms with van der Waals surface area (Å²) in [5, 5.41) is 9.00. The second-order valence-corrected chi connectivity index (χ2v) is 8.21. The van der Waals surface area contributed by atoms with Crippen molar-refractivity contribution in [1.29, 1.82) is 0 Å². The zero-order valence-electron chi connectivity index (χ0n) is 16.8. The van der Waals surface area contributed by atoms with Gasteiger partial charge in [0.1, 0.15) is 5.76 Å². The summed E-state index contributed by atoms with van der Waals surface area (Å²) in [6, 6.07) is 12.1. The van der Waals surface area contributed by atoms with Crippen LogP contribution in [0.5, 0.6) is 0 Å². The van der Waals surface area contributed by atoms with Crippen LogP contribution in [0, 0.1) is 6.92 Å². The predicted molar refractivity (Wildman–Crippen MR) is 112 cm³/mol. The zero-order chi connectivity index (χ0) is 20.5. The minimum Gasteiger partial charge on any atom is -0.360 e. The summed E-state index contributed by atoms with van der Waals surface area (Å²) in [4.78, 5) is 26.5. The third-order valence-electron chi connectivity index (χ3n) is 4.29. The van der Waals surface area contributed by atoms with Gasteiger partial charge in [0, 0.05) is 18.7 Å². The highest BCUT2D eigenvalue weighted by Crippen LogP contribution is 2.14. The van der Waals surface area contributed by atoms with E-state index in [9.17, 15) is 9.59 Å². The molecule has 0 aliphatic rings. The lowest BCUT2D eigenvalue weighted by Gasteiger charge is -2.25. The topological polar surface area (TPSA) is 87.5 Å². The molecule has 0 aliphatic carbocycles. The van der Waals surface area contributed by atoms with Crippen LogP contribution >= 0.6 is 11.8 Å². The maximum absolute atomic E-state index is 12.2. The van der Waals surface area contributed by atoms with Gasteiger partial charge < -0.3 is 20.1 Å². The van der Waals surface area contributed by atoms with Gasteiger partial charge in [-0.2, -0.15) is 0 Å². The molecule has 2 rings (SSSR count). The van der Waals surface area contributed by atoms with E-state index >= 15 is 0 Å². The molecular formula is C20H28N4O3S. The van der Waals surface area contributed by atoms with Crippen LogP contribution in [0.2, 0.25) is 0 Å². The number of anilines is 1. The number of benzene rings is 1. The van der Waals surface area contributed by atoms with E-state index in [4.69, 9.17) is 4.52 Å². The molecule has 152 valence electrons. The highest BCUT2D eigenvalue weighted by atomic mass is 32.2. The van der Waals surface area contributed by atoms with Crippen LogP contribution < -0.4 is 10.6 Å². The first-order valence-electron chi connectivity index (χ1n) is 9.18. The number of nitrogens with one attached hydrogen (secondary N) is 2. The molecule has 8 heteroatoms. The molecule has 1 aromatic carbocycles. The zero-order valence-corrected chi connectivity index (χ0v) is 17.6. The van der Waals surface area contributed by atoms with Crippen molar-refractivity contribution >= 4 is 29.4 Å². The van der Waals surface area contributed by atoms with Crippen molar-refractivity contribution in [3.63, 3.8) is 0 Å². The van der Waals surface area contributed by atoms with Gasteiger partial charge in [0.05, 0.1) is 11.0 Å². The van der Waals surface area contributed by atoms with E-state index in [0.717, 1.165) is 6.42 Å². The highest BCUT2D eigenvalue weighted by Gasteiger charge is 2.18. The minimum atomic E-state index is -0.378. The molecule has 7 nitrogen and oxygen atoms in total. The summed E-state index contributed by atoms with van der Waals surface area (Å²) in [6.45, 7) is 4.07. The van der Waals surface area contributed by atoms with Gasteiger partial charge in [0.15, 0.2) is 5.82 Å². The number of carbonyl (C=O) groups excluding carboxylic acids is 2. The van der Waals surface area contributed by atoms with Crippen LogP contribution in [0.15, 0.2) is 40.9 Å². The van der Waals surface area contributed by atoms with Gasteiger partial charge in [0.2, 0.25) is 11.8 Å².